The summed E-state index contributed by atoms with van der Waals surface area (Å²) in [6.45, 7) is 2.51. The van der Waals surface area contributed by atoms with Crippen molar-refractivity contribution in [3.05, 3.63) is 21.7 Å². The summed E-state index contributed by atoms with van der Waals surface area (Å²) in [5.74, 6) is -3.71. The molecule has 0 atom stereocenters. The van der Waals surface area contributed by atoms with Crippen molar-refractivity contribution >= 4 is 55.0 Å². The minimum atomic E-state index is -6.11. The van der Waals surface area contributed by atoms with Gasteiger partial charge in [-0.25, -0.2) is 9.78 Å². The van der Waals surface area contributed by atoms with E-state index in [-0.39, 0.29) is 26.9 Å². The van der Waals surface area contributed by atoms with E-state index in [4.69, 9.17) is 11.6 Å². The van der Waals surface area contributed by atoms with Crippen LogP contribution >= 0.6 is 22.9 Å². The number of rotatable bonds is 5. The maximum atomic E-state index is 12.7. The number of Topliss-reactive ketones (excluding diaryl/α,β-unsaturated/α-hetero) is 1. The van der Waals surface area contributed by atoms with Gasteiger partial charge in [-0.15, -0.1) is 0 Å². The zero-order chi connectivity index (χ0) is 19.9. The van der Waals surface area contributed by atoms with Crippen molar-refractivity contribution < 1.29 is 40.1 Å². The first-order valence-electron chi connectivity index (χ1n) is 6.71. The molecule has 2 aromatic rings. The van der Waals surface area contributed by atoms with Crippen molar-refractivity contribution in [3.8, 4) is 5.75 Å². The summed E-state index contributed by atoms with van der Waals surface area (Å²) in [5.41, 5.74) is -6.46. The van der Waals surface area contributed by atoms with Crippen LogP contribution < -0.4 is 4.18 Å². The highest BCUT2D eigenvalue weighted by Crippen LogP contribution is 2.40. The van der Waals surface area contributed by atoms with E-state index >= 15 is 0 Å². The molecule has 1 heterocycles. The number of halogens is 4. The molecule has 0 aliphatic rings. The van der Waals surface area contributed by atoms with Gasteiger partial charge in [-0.1, -0.05) is 22.9 Å². The summed E-state index contributed by atoms with van der Waals surface area (Å²) in [6.07, 6.45) is 0. The Morgan fingerprint density at radius 2 is 1.96 bits per heavy atom. The molecule has 1 aromatic carbocycles. The zero-order valence-corrected chi connectivity index (χ0v) is 15.4. The van der Waals surface area contributed by atoms with E-state index in [1.165, 1.54) is 19.9 Å². The quantitative estimate of drug-likeness (QED) is 0.235. The second-order valence-electron chi connectivity index (χ2n) is 4.75. The zero-order valence-electron chi connectivity index (χ0n) is 13.0. The number of carbonyl (C=O) groups is 2. The third kappa shape index (κ3) is 3.76. The summed E-state index contributed by atoms with van der Waals surface area (Å²) in [5, 5.41) is 0. The van der Waals surface area contributed by atoms with Crippen LogP contribution in [0.1, 0.15) is 22.8 Å². The highest BCUT2D eigenvalue weighted by atomic mass is 35.5. The van der Waals surface area contributed by atoms with E-state index in [9.17, 15) is 31.2 Å². The van der Waals surface area contributed by atoms with E-state index in [0.717, 1.165) is 0 Å². The lowest BCUT2D eigenvalue weighted by atomic mass is 10.0. The molecule has 0 aliphatic carbocycles. The van der Waals surface area contributed by atoms with Crippen LogP contribution in [0, 0.1) is 6.92 Å². The second kappa shape index (κ2) is 7.00. The number of nitrogens with zero attached hydrogens (tertiary/aromatic N) is 1. The average molecular weight is 432 g/mol. The third-order valence-corrected chi connectivity index (χ3v) is 5.10. The molecule has 0 fully saturated rings. The van der Waals surface area contributed by atoms with E-state index in [1.54, 1.807) is 0 Å². The van der Waals surface area contributed by atoms with E-state index in [2.05, 4.69) is 13.9 Å². The molecule has 0 saturated heterocycles. The minimum Gasteiger partial charge on any atom is -0.460 e. The highest BCUT2D eigenvalue weighted by molar-refractivity contribution is 7.88. The number of alkyl halides is 3. The molecule has 0 unspecified atom stereocenters. The maximum absolute atomic E-state index is 12.7. The summed E-state index contributed by atoms with van der Waals surface area (Å²) in [7, 11) is -6.11. The number of esters is 1. The van der Waals surface area contributed by atoms with Gasteiger partial charge >= 0.3 is 21.6 Å². The number of carbonyl (C=O) groups excluding carboxylic acids is 2. The van der Waals surface area contributed by atoms with Crippen LogP contribution in [0.2, 0.25) is 4.47 Å². The van der Waals surface area contributed by atoms with Crippen LogP contribution in [-0.4, -0.2) is 37.3 Å². The van der Waals surface area contributed by atoms with Gasteiger partial charge < -0.3 is 8.92 Å². The largest absolute Gasteiger partial charge is 0.534 e. The van der Waals surface area contributed by atoms with Gasteiger partial charge in [0.1, 0.15) is 4.70 Å². The van der Waals surface area contributed by atoms with Crippen molar-refractivity contribution in [2.24, 2.45) is 0 Å². The fourth-order valence-corrected chi connectivity index (χ4v) is 3.57. The van der Waals surface area contributed by atoms with Gasteiger partial charge in [0.2, 0.25) is 0 Å². The number of aryl methyl sites for hydroxylation is 1. The SMILES string of the molecule is CCOC(=O)C(=O)c1c(C)cc2nc(Cl)sc2c1OS(=O)(=O)C(F)(F)F. The van der Waals surface area contributed by atoms with Crippen molar-refractivity contribution in [3.63, 3.8) is 0 Å². The van der Waals surface area contributed by atoms with E-state index in [1.807, 2.05) is 0 Å². The van der Waals surface area contributed by atoms with E-state index < -0.39 is 38.7 Å². The lowest BCUT2D eigenvalue weighted by Gasteiger charge is -2.14. The molecular weight excluding hydrogens is 423 g/mol. The van der Waals surface area contributed by atoms with Crippen LogP contribution in [0.5, 0.6) is 5.75 Å². The predicted molar refractivity (Wildman–Crippen MR) is 85.9 cm³/mol. The molecule has 142 valence electrons. The number of benzene rings is 1. The number of ketones is 1. The summed E-state index contributed by atoms with van der Waals surface area (Å²) < 4.78 is 69.3. The number of ether oxygens (including phenoxy) is 1. The van der Waals surface area contributed by atoms with Gasteiger partial charge in [-0.2, -0.15) is 21.6 Å². The van der Waals surface area contributed by atoms with Gasteiger partial charge in [0.05, 0.1) is 17.7 Å². The summed E-state index contributed by atoms with van der Waals surface area (Å²) in [4.78, 5) is 27.8. The van der Waals surface area contributed by atoms with E-state index in [0.29, 0.717) is 11.3 Å². The molecule has 0 bridgehead atoms. The Labute approximate surface area is 153 Å². The minimum absolute atomic E-state index is 0.00489. The molecule has 0 aliphatic heterocycles. The van der Waals surface area contributed by atoms with Crippen molar-refractivity contribution in [2.45, 2.75) is 19.4 Å². The molecule has 26 heavy (non-hydrogen) atoms. The first kappa shape index (κ1) is 20.4. The third-order valence-electron chi connectivity index (χ3n) is 2.97. The Bertz CT molecular complexity index is 999. The topological polar surface area (TPSA) is 99.6 Å². The lowest BCUT2D eigenvalue weighted by molar-refractivity contribution is -0.137. The molecule has 0 N–H and O–H groups in total. The van der Waals surface area contributed by atoms with Crippen LogP contribution in [0.4, 0.5) is 13.2 Å². The molecule has 7 nitrogen and oxygen atoms in total. The molecular formula is C13H9ClF3NO6S2. The Morgan fingerprint density at radius 1 is 1.35 bits per heavy atom. The van der Waals surface area contributed by atoms with Crippen molar-refractivity contribution in [2.75, 3.05) is 6.61 Å². The monoisotopic (exact) mass is 431 g/mol. The standard InChI is InChI=1S/C13H9ClF3NO6S2/c1-3-23-11(20)8(19)7-5(2)4-6-10(25-12(14)18-6)9(7)24-26(21,22)13(15,16)17/h4H,3H2,1-2H3. The molecule has 0 spiro atoms. The van der Waals surface area contributed by atoms with Crippen LogP contribution in [0.25, 0.3) is 10.2 Å². The number of thiazole rings is 1. The van der Waals surface area contributed by atoms with Crippen LogP contribution in [0.15, 0.2) is 6.07 Å². The Kier molecular flexibility index (Phi) is 5.49. The molecule has 0 amide bonds. The van der Waals surface area contributed by atoms with Gasteiger partial charge in [0, 0.05) is 0 Å². The first-order chi connectivity index (χ1) is 11.9. The Morgan fingerprint density at radius 3 is 2.50 bits per heavy atom. The maximum Gasteiger partial charge on any atom is 0.534 e. The van der Waals surface area contributed by atoms with Gasteiger partial charge in [-0.05, 0) is 25.5 Å². The van der Waals surface area contributed by atoms with Crippen LogP contribution in [0.3, 0.4) is 0 Å². The smallest absolute Gasteiger partial charge is 0.460 e. The van der Waals surface area contributed by atoms with Gasteiger partial charge in [0.15, 0.2) is 10.2 Å². The summed E-state index contributed by atoms with van der Waals surface area (Å²) in [6, 6.07) is 1.26. The fourth-order valence-electron chi connectivity index (χ4n) is 1.95. The van der Waals surface area contributed by atoms with Crippen molar-refractivity contribution in [1.29, 1.82) is 0 Å². The molecule has 0 radical (unpaired) electrons. The Balaban J connectivity index is 2.77. The average Bonchev–Trinajstić information content (AvgIpc) is 2.85. The molecule has 13 heteroatoms. The predicted octanol–water partition coefficient (Wildman–Crippen LogP) is 3.23. The molecule has 2 rings (SSSR count). The highest BCUT2D eigenvalue weighted by Gasteiger charge is 2.49. The van der Waals surface area contributed by atoms with Crippen LogP contribution in [-0.2, 0) is 19.6 Å². The number of aromatic nitrogens is 1. The number of fused-ring (bicyclic) bond motifs is 1. The molecule has 0 saturated carbocycles. The molecule has 1 aromatic heterocycles. The fraction of sp³-hybridized carbons (Fsp3) is 0.308. The first-order valence-corrected chi connectivity index (χ1v) is 9.31. The lowest BCUT2D eigenvalue weighted by Crippen LogP contribution is -2.29. The Hall–Kier alpha value is -1.92. The van der Waals surface area contributed by atoms with Crippen molar-refractivity contribution in [1.82, 2.24) is 4.98 Å². The number of hydrogen-bond donors (Lipinski definition) is 0. The number of hydrogen-bond acceptors (Lipinski definition) is 8. The normalized spacial score (nSPS) is 12.2. The van der Waals surface area contributed by atoms with Gasteiger partial charge in [0.25, 0.3) is 5.78 Å². The summed E-state index contributed by atoms with van der Waals surface area (Å²) >= 11 is 6.30. The second-order valence-corrected chi connectivity index (χ2v) is 7.86. The van der Waals surface area contributed by atoms with Gasteiger partial charge in [-0.3, -0.25) is 4.79 Å².